The van der Waals surface area contributed by atoms with Gasteiger partial charge in [-0.2, -0.15) is 0 Å². The summed E-state index contributed by atoms with van der Waals surface area (Å²) in [5, 5.41) is 0.710. The molecule has 0 radical (unpaired) electrons. The summed E-state index contributed by atoms with van der Waals surface area (Å²) in [4.78, 5) is 20.6. The van der Waals surface area contributed by atoms with Gasteiger partial charge in [0.05, 0.1) is 24.8 Å². The number of aliphatic imine (C=N–C) groups is 1. The minimum Gasteiger partial charge on any atom is -0.495 e. The number of benzene rings is 3. The third kappa shape index (κ3) is 5.55. The SMILES string of the molecule is COc1c(I)cc(/C=C2/SC(=Nc3ccccc3)N(CCc3ccccc3)C2=O)cc1I. The van der Waals surface area contributed by atoms with E-state index in [-0.39, 0.29) is 5.91 Å². The highest BCUT2D eigenvalue weighted by Gasteiger charge is 2.33. The number of hydrogen-bond acceptors (Lipinski definition) is 4. The van der Waals surface area contributed by atoms with Crippen LogP contribution in [0.4, 0.5) is 5.69 Å². The molecular formula is C25H20I2N2O2S. The fraction of sp³-hybridized carbons (Fsp3) is 0.120. The first-order chi connectivity index (χ1) is 15.5. The molecule has 7 heteroatoms. The van der Waals surface area contributed by atoms with Crippen LogP contribution in [0.2, 0.25) is 0 Å². The molecule has 1 fully saturated rings. The Bertz CT molecular complexity index is 1160. The normalized spacial score (nSPS) is 16.2. The van der Waals surface area contributed by atoms with Gasteiger partial charge in [0.1, 0.15) is 5.75 Å². The third-order valence-corrected chi connectivity index (χ3v) is 7.47. The Morgan fingerprint density at radius 2 is 1.62 bits per heavy atom. The summed E-state index contributed by atoms with van der Waals surface area (Å²) in [5.74, 6) is 0.844. The minimum atomic E-state index is -0.0125. The van der Waals surface area contributed by atoms with Gasteiger partial charge in [0.15, 0.2) is 5.17 Å². The summed E-state index contributed by atoms with van der Waals surface area (Å²) < 4.78 is 7.49. The lowest BCUT2D eigenvalue weighted by Crippen LogP contribution is -2.31. The van der Waals surface area contributed by atoms with E-state index in [9.17, 15) is 4.79 Å². The fourth-order valence-corrected chi connectivity index (χ4v) is 6.58. The van der Waals surface area contributed by atoms with Gasteiger partial charge in [-0.1, -0.05) is 48.5 Å². The number of rotatable bonds is 6. The van der Waals surface area contributed by atoms with Crippen molar-refractivity contribution in [1.82, 2.24) is 4.90 Å². The summed E-state index contributed by atoms with van der Waals surface area (Å²) in [7, 11) is 1.67. The van der Waals surface area contributed by atoms with E-state index in [1.165, 1.54) is 17.3 Å². The molecule has 0 bridgehead atoms. The molecule has 32 heavy (non-hydrogen) atoms. The van der Waals surface area contributed by atoms with E-state index >= 15 is 0 Å². The molecule has 3 aromatic carbocycles. The smallest absolute Gasteiger partial charge is 0.266 e. The predicted octanol–water partition coefficient (Wildman–Crippen LogP) is 6.75. The van der Waals surface area contributed by atoms with Crippen LogP contribution in [-0.2, 0) is 11.2 Å². The molecule has 0 saturated carbocycles. The number of thioether (sulfide) groups is 1. The van der Waals surface area contributed by atoms with Crippen LogP contribution in [0.1, 0.15) is 11.1 Å². The zero-order valence-corrected chi connectivity index (χ0v) is 22.4. The molecule has 1 heterocycles. The topological polar surface area (TPSA) is 41.9 Å². The molecule has 0 N–H and O–H groups in total. The van der Waals surface area contributed by atoms with E-state index in [1.807, 2.05) is 66.7 Å². The van der Waals surface area contributed by atoms with Crippen molar-refractivity contribution in [3.63, 3.8) is 0 Å². The number of carbonyl (C=O) groups excluding carboxylic acids is 1. The monoisotopic (exact) mass is 666 g/mol. The molecule has 1 aliphatic heterocycles. The van der Waals surface area contributed by atoms with Crippen molar-refractivity contribution in [3.8, 4) is 5.75 Å². The average Bonchev–Trinajstić information content (AvgIpc) is 3.07. The quantitative estimate of drug-likeness (QED) is 0.216. The first-order valence-corrected chi connectivity index (χ1v) is 12.9. The van der Waals surface area contributed by atoms with Gasteiger partial charge in [0, 0.05) is 6.54 Å². The van der Waals surface area contributed by atoms with Crippen LogP contribution >= 0.6 is 56.9 Å². The van der Waals surface area contributed by atoms with Gasteiger partial charge in [-0.05, 0) is 105 Å². The molecule has 162 valence electrons. The highest BCUT2D eigenvalue weighted by atomic mass is 127. The molecule has 0 aliphatic carbocycles. The second kappa shape index (κ2) is 10.8. The number of carbonyl (C=O) groups is 1. The van der Waals surface area contributed by atoms with E-state index in [0.29, 0.717) is 16.6 Å². The Balaban J connectivity index is 1.65. The van der Waals surface area contributed by atoms with Crippen LogP contribution in [0.25, 0.3) is 6.08 Å². The molecule has 4 nitrogen and oxygen atoms in total. The summed E-state index contributed by atoms with van der Waals surface area (Å²) in [6.45, 7) is 0.580. The maximum absolute atomic E-state index is 13.4. The first-order valence-electron chi connectivity index (χ1n) is 9.97. The number of para-hydroxylation sites is 1. The average molecular weight is 666 g/mol. The van der Waals surface area contributed by atoms with Gasteiger partial charge in [-0.3, -0.25) is 9.69 Å². The number of nitrogens with zero attached hydrogens (tertiary/aromatic N) is 2. The van der Waals surface area contributed by atoms with Crippen LogP contribution < -0.4 is 4.74 Å². The van der Waals surface area contributed by atoms with Gasteiger partial charge < -0.3 is 4.74 Å². The van der Waals surface area contributed by atoms with Crippen LogP contribution in [-0.4, -0.2) is 29.6 Å². The van der Waals surface area contributed by atoms with Gasteiger partial charge >= 0.3 is 0 Å². The van der Waals surface area contributed by atoms with Crippen molar-refractivity contribution in [3.05, 3.63) is 96.0 Å². The highest BCUT2D eigenvalue weighted by Crippen LogP contribution is 2.36. The lowest BCUT2D eigenvalue weighted by atomic mass is 10.1. The van der Waals surface area contributed by atoms with Crippen molar-refractivity contribution < 1.29 is 9.53 Å². The molecular weight excluding hydrogens is 646 g/mol. The van der Waals surface area contributed by atoms with Crippen LogP contribution in [0.15, 0.2) is 82.7 Å². The molecule has 0 atom stereocenters. The summed E-state index contributed by atoms with van der Waals surface area (Å²) in [6, 6.07) is 24.0. The number of amidine groups is 1. The number of amides is 1. The largest absolute Gasteiger partial charge is 0.495 e. The lowest BCUT2D eigenvalue weighted by molar-refractivity contribution is -0.122. The van der Waals surface area contributed by atoms with Crippen LogP contribution in [0.3, 0.4) is 0 Å². The molecule has 0 unspecified atom stereocenters. The zero-order valence-electron chi connectivity index (χ0n) is 17.3. The highest BCUT2D eigenvalue weighted by molar-refractivity contribution is 14.1. The third-order valence-electron chi connectivity index (χ3n) is 4.86. The molecule has 0 aromatic heterocycles. The van der Waals surface area contributed by atoms with E-state index < -0.39 is 0 Å². The van der Waals surface area contributed by atoms with E-state index in [2.05, 4.69) is 57.3 Å². The molecule has 1 amide bonds. The van der Waals surface area contributed by atoms with Gasteiger partial charge in [0.2, 0.25) is 0 Å². The van der Waals surface area contributed by atoms with Crippen molar-refractivity contribution in [2.45, 2.75) is 6.42 Å². The van der Waals surface area contributed by atoms with E-state index in [4.69, 9.17) is 9.73 Å². The zero-order chi connectivity index (χ0) is 22.5. The number of halogens is 2. The Morgan fingerprint density at radius 1 is 1.00 bits per heavy atom. The summed E-state index contributed by atoms with van der Waals surface area (Å²) >= 11 is 5.95. The van der Waals surface area contributed by atoms with Crippen LogP contribution in [0, 0.1) is 7.14 Å². The van der Waals surface area contributed by atoms with Crippen molar-refractivity contribution in [1.29, 1.82) is 0 Å². The number of hydrogen-bond donors (Lipinski definition) is 0. The Labute approximate surface area is 219 Å². The summed E-state index contributed by atoms with van der Waals surface area (Å²) in [6.07, 6.45) is 2.71. The Kier molecular flexibility index (Phi) is 7.90. The molecule has 0 spiro atoms. The van der Waals surface area contributed by atoms with Gasteiger partial charge in [0.25, 0.3) is 5.91 Å². The maximum Gasteiger partial charge on any atom is 0.266 e. The Hall–Kier alpha value is -1.85. The molecule has 3 aromatic rings. The number of ether oxygens (including phenoxy) is 1. The van der Waals surface area contributed by atoms with E-state index in [1.54, 1.807) is 12.0 Å². The minimum absolute atomic E-state index is 0.0125. The van der Waals surface area contributed by atoms with Gasteiger partial charge in [-0.15, -0.1) is 0 Å². The second-order valence-corrected chi connectivity index (χ2v) is 10.4. The number of methoxy groups -OCH3 is 1. The van der Waals surface area contributed by atoms with Crippen molar-refractivity contribution >= 4 is 79.8 Å². The second-order valence-electron chi connectivity index (χ2n) is 7.05. The van der Waals surface area contributed by atoms with E-state index in [0.717, 1.165) is 30.6 Å². The van der Waals surface area contributed by atoms with Crippen molar-refractivity contribution in [2.75, 3.05) is 13.7 Å². The summed E-state index contributed by atoms with van der Waals surface area (Å²) in [5.41, 5.74) is 3.00. The molecule has 1 aliphatic rings. The molecule has 4 rings (SSSR count). The van der Waals surface area contributed by atoms with Gasteiger partial charge in [-0.25, -0.2) is 4.99 Å². The first kappa shape index (κ1) is 23.3. The maximum atomic E-state index is 13.4. The Morgan fingerprint density at radius 3 is 2.25 bits per heavy atom. The fourth-order valence-electron chi connectivity index (χ4n) is 3.30. The van der Waals surface area contributed by atoms with Crippen LogP contribution in [0.5, 0.6) is 5.75 Å². The van der Waals surface area contributed by atoms with Crippen molar-refractivity contribution in [2.24, 2.45) is 4.99 Å². The lowest BCUT2D eigenvalue weighted by Gasteiger charge is -2.15. The predicted molar refractivity (Wildman–Crippen MR) is 149 cm³/mol. The molecule has 1 saturated heterocycles. The standard InChI is InChI=1S/C25H20I2N2O2S/c1-31-23-20(26)14-18(15-21(23)27)16-22-24(30)29(13-12-17-8-4-2-5-9-17)25(32-22)28-19-10-6-3-7-11-19/h2-11,14-16H,12-13H2,1H3/b22-16+,28-25?.